The van der Waals surface area contributed by atoms with Gasteiger partial charge in [-0.25, -0.2) is 4.79 Å². The van der Waals surface area contributed by atoms with Crippen molar-refractivity contribution in [1.82, 2.24) is 5.32 Å². The maximum Gasteiger partial charge on any atom is 0.492 e. The van der Waals surface area contributed by atoms with Crippen molar-refractivity contribution in [2.45, 2.75) is 51.7 Å². The van der Waals surface area contributed by atoms with E-state index in [0.717, 1.165) is 21.1 Å². The Hall–Kier alpha value is -2.87. The van der Waals surface area contributed by atoms with E-state index >= 15 is 0 Å². The highest BCUT2D eigenvalue weighted by Gasteiger charge is 2.52. The second kappa shape index (κ2) is 10.4. The zero-order chi connectivity index (χ0) is 27.1. The van der Waals surface area contributed by atoms with Crippen LogP contribution in [0.2, 0.25) is 0 Å². The second-order valence-corrected chi connectivity index (χ2v) is 11.9. The summed E-state index contributed by atoms with van der Waals surface area (Å²) in [6.45, 7) is 10.6. The topological polar surface area (TPSA) is 56.8 Å². The molecule has 1 amide bonds. The number of hydrogen-bond acceptors (Lipinski definition) is 4. The first kappa shape index (κ1) is 26.7. The molecule has 38 heavy (non-hydrogen) atoms. The summed E-state index contributed by atoms with van der Waals surface area (Å²) < 4.78 is 19.4. The molecule has 0 spiro atoms. The Labute approximate surface area is 233 Å². The second-order valence-electron chi connectivity index (χ2n) is 11.0. The molecule has 5 nitrogen and oxygen atoms in total. The molecule has 1 N–H and O–H groups in total. The van der Waals surface area contributed by atoms with Gasteiger partial charge in [0.15, 0.2) is 0 Å². The summed E-state index contributed by atoms with van der Waals surface area (Å²) in [4.78, 5) is 12.9. The summed E-state index contributed by atoms with van der Waals surface area (Å²) in [6.07, 6.45) is 1.53. The number of carbonyl (C=O) groups excluding carboxylic acids is 1. The molecule has 1 fully saturated rings. The number of benzene rings is 3. The van der Waals surface area contributed by atoms with Crippen LogP contribution in [0, 0.1) is 6.92 Å². The van der Waals surface area contributed by atoms with Crippen molar-refractivity contribution in [3.63, 3.8) is 0 Å². The molecule has 0 unspecified atom stereocenters. The predicted octanol–water partition coefficient (Wildman–Crippen LogP) is 7.31. The highest BCUT2D eigenvalue weighted by Crippen LogP contribution is 2.44. The third-order valence-electron chi connectivity index (χ3n) is 7.83. The lowest BCUT2D eigenvalue weighted by Gasteiger charge is -2.32. The Balaban J connectivity index is 1.31. The zero-order valence-corrected chi connectivity index (χ0v) is 24.1. The van der Waals surface area contributed by atoms with Gasteiger partial charge in [0.25, 0.3) is 0 Å². The fraction of sp³-hybridized carbons (Fsp3) is 0.323. The van der Waals surface area contributed by atoms with Crippen LogP contribution in [0.5, 0.6) is 0 Å². The van der Waals surface area contributed by atoms with Gasteiger partial charge in [-0.3, -0.25) is 0 Å². The van der Waals surface area contributed by atoms with Gasteiger partial charge in [-0.1, -0.05) is 82.7 Å². The van der Waals surface area contributed by atoms with Crippen molar-refractivity contribution in [2.24, 2.45) is 0 Å². The van der Waals surface area contributed by atoms with E-state index < -0.39 is 24.4 Å². The SMILES string of the molecule is Cc1ccc(C=C(CNC(=O)OCC2c3ccccc3-c3ccccc32)B2OC(C)(C)C(C)(C)O2)c(Br)c1. The molecule has 0 aromatic heterocycles. The third-order valence-corrected chi connectivity index (χ3v) is 8.52. The van der Waals surface area contributed by atoms with Crippen LogP contribution in [-0.2, 0) is 14.0 Å². The molecule has 0 saturated carbocycles. The molecule has 0 atom stereocenters. The van der Waals surface area contributed by atoms with E-state index in [4.69, 9.17) is 14.0 Å². The van der Waals surface area contributed by atoms with E-state index in [1.165, 1.54) is 22.3 Å². The molecule has 1 aliphatic heterocycles. The minimum absolute atomic E-state index is 0.00905. The normalized spacial score (nSPS) is 17.7. The minimum atomic E-state index is -0.595. The number of ether oxygens (including phenoxy) is 1. The third kappa shape index (κ3) is 5.20. The average Bonchev–Trinajstić information content (AvgIpc) is 3.30. The number of hydrogen-bond donors (Lipinski definition) is 1. The highest BCUT2D eigenvalue weighted by atomic mass is 79.9. The Morgan fingerprint density at radius 1 is 0.974 bits per heavy atom. The number of rotatable bonds is 6. The minimum Gasteiger partial charge on any atom is -0.449 e. The van der Waals surface area contributed by atoms with Crippen LogP contribution < -0.4 is 5.32 Å². The van der Waals surface area contributed by atoms with Crippen molar-refractivity contribution >= 4 is 35.2 Å². The van der Waals surface area contributed by atoms with Crippen molar-refractivity contribution in [1.29, 1.82) is 0 Å². The van der Waals surface area contributed by atoms with Gasteiger partial charge < -0.3 is 19.4 Å². The van der Waals surface area contributed by atoms with Crippen LogP contribution in [0.1, 0.15) is 55.9 Å². The lowest BCUT2D eigenvalue weighted by Crippen LogP contribution is -2.41. The van der Waals surface area contributed by atoms with Crippen LogP contribution in [0.3, 0.4) is 0 Å². The Bertz CT molecular complexity index is 1340. The van der Waals surface area contributed by atoms with Crippen molar-refractivity contribution in [3.05, 3.63) is 98.9 Å². The number of aryl methyl sites for hydroxylation is 1. The summed E-state index contributed by atoms with van der Waals surface area (Å²) in [5.41, 5.74) is 6.72. The fourth-order valence-electron chi connectivity index (χ4n) is 4.97. The quantitative estimate of drug-likeness (QED) is 0.314. The van der Waals surface area contributed by atoms with Gasteiger partial charge in [-0.05, 0) is 79.5 Å². The molecule has 1 aliphatic carbocycles. The summed E-state index contributed by atoms with van der Waals surface area (Å²) in [7, 11) is -0.595. The highest BCUT2D eigenvalue weighted by molar-refractivity contribution is 9.10. The lowest BCUT2D eigenvalue weighted by atomic mass is 9.77. The summed E-state index contributed by atoms with van der Waals surface area (Å²) in [5, 5.41) is 2.93. The molecule has 5 rings (SSSR count). The van der Waals surface area contributed by atoms with Crippen LogP contribution >= 0.6 is 15.9 Å². The molecule has 0 bridgehead atoms. The van der Waals surface area contributed by atoms with Gasteiger partial charge in [0.05, 0.1) is 11.2 Å². The summed E-state index contributed by atoms with van der Waals surface area (Å²) in [5.74, 6) is 0.00905. The smallest absolute Gasteiger partial charge is 0.449 e. The molecular formula is C31H33BBrNO4. The van der Waals surface area contributed by atoms with Crippen LogP contribution in [0.25, 0.3) is 17.2 Å². The van der Waals surface area contributed by atoms with Gasteiger partial charge in [-0.15, -0.1) is 0 Å². The molecule has 7 heteroatoms. The maximum atomic E-state index is 12.9. The predicted molar refractivity (Wildman–Crippen MR) is 156 cm³/mol. The molecular weight excluding hydrogens is 541 g/mol. The van der Waals surface area contributed by atoms with E-state index in [0.29, 0.717) is 0 Å². The van der Waals surface area contributed by atoms with Gasteiger partial charge in [-0.2, -0.15) is 0 Å². The summed E-state index contributed by atoms with van der Waals surface area (Å²) in [6, 6.07) is 22.8. The van der Waals surface area contributed by atoms with Crippen LogP contribution in [-0.4, -0.2) is 37.6 Å². The standard InChI is InChI=1S/C31H33BBrNO4/c1-20-14-15-21(28(33)16-20)17-22(32-37-30(2,3)31(4,5)38-32)18-34-29(35)36-19-27-25-12-8-6-10-23(25)24-11-7-9-13-26(24)27/h6-17,27H,18-19H2,1-5H3,(H,34,35). The number of carbonyl (C=O) groups is 1. The molecule has 1 saturated heterocycles. The average molecular weight is 574 g/mol. The number of alkyl carbamates (subject to hydrolysis) is 1. The molecule has 1 heterocycles. The largest absolute Gasteiger partial charge is 0.492 e. The number of amides is 1. The molecule has 3 aromatic rings. The Morgan fingerprint density at radius 2 is 1.55 bits per heavy atom. The number of halogens is 1. The first-order chi connectivity index (χ1) is 18.1. The molecule has 2 aliphatic rings. The van der Waals surface area contributed by atoms with E-state index in [1.807, 2.05) is 71.0 Å². The number of nitrogens with one attached hydrogen (secondary N) is 1. The van der Waals surface area contributed by atoms with Gasteiger partial charge >= 0.3 is 13.2 Å². The Kier molecular flexibility index (Phi) is 7.29. The van der Waals surface area contributed by atoms with Crippen molar-refractivity contribution < 1.29 is 18.8 Å². The van der Waals surface area contributed by atoms with E-state index in [2.05, 4.69) is 57.6 Å². The van der Waals surface area contributed by atoms with Crippen LogP contribution in [0.4, 0.5) is 4.79 Å². The van der Waals surface area contributed by atoms with Gasteiger partial charge in [0.1, 0.15) is 6.61 Å². The first-order valence-electron chi connectivity index (χ1n) is 13.0. The molecule has 196 valence electrons. The Morgan fingerprint density at radius 3 is 2.13 bits per heavy atom. The van der Waals surface area contributed by atoms with Gasteiger partial charge in [0, 0.05) is 16.9 Å². The van der Waals surface area contributed by atoms with E-state index in [-0.39, 0.29) is 19.1 Å². The lowest BCUT2D eigenvalue weighted by molar-refractivity contribution is 0.00578. The fourth-order valence-corrected chi connectivity index (χ4v) is 5.58. The monoisotopic (exact) mass is 573 g/mol. The molecule has 3 aromatic carbocycles. The first-order valence-corrected chi connectivity index (χ1v) is 13.8. The van der Waals surface area contributed by atoms with E-state index in [9.17, 15) is 4.79 Å². The van der Waals surface area contributed by atoms with Crippen molar-refractivity contribution in [3.8, 4) is 11.1 Å². The molecule has 0 radical (unpaired) electrons. The zero-order valence-electron chi connectivity index (χ0n) is 22.5. The van der Waals surface area contributed by atoms with Crippen LogP contribution in [0.15, 0.2) is 76.7 Å². The maximum absolute atomic E-state index is 12.9. The number of fused-ring (bicyclic) bond motifs is 3. The van der Waals surface area contributed by atoms with Crippen molar-refractivity contribution in [2.75, 3.05) is 13.2 Å². The summed E-state index contributed by atoms with van der Waals surface area (Å²) >= 11 is 3.66. The van der Waals surface area contributed by atoms with Gasteiger partial charge in [0.2, 0.25) is 0 Å². The van der Waals surface area contributed by atoms with E-state index in [1.54, 1.807) is 0 Å².